The van der Waals surface area contributed by atoms with Crippen LogP contribution in [0.4, 0.5) is 10.1 Å². The third-order valence-corrected chi connectivity index (χ3v) is 3.71. The van der Waals surface area contributed by atoms with E-state index in [1.807, 2.05) is 0 Å². The second kappa shape index (κ2) is 5.90. The molecule has 4 rings (SSSR count). The Hall–Kier alpha value is -3.41. The lowest BCUT2D eigenvalue weighted by Gasteiger charge is -2.02. The summed E-state index contributed by atoms with van der Waals surface area (Å²) in [6, 6.07) is 14.3. The number of halogens is 1. The zero-order valence-corrected chi connectivity index (χ0v) is 13.2. The summed E-state index contributed by atoms with van der Waals surface area (Å²) >= 11 is 0. The van der Waals surface area contributed by atoms with Crippen molar-refractivity contribution in [3.8, 4) is 11.3 Å². The van der Waals surface area contributed by atoms with Gasteiger partial charge in [-0.3, -0.25) is 4.79 Å². The number of furan rings is 1. The van der Waals surface area contributed by atoms with E-state index in [0.717, 1.165) is 0 Å². The summed E-state index contributed by atoms with van der Waals surface area (Å²) in [6.07, 6.45) is 0. The van der Waals surface area contributed by atoms with E-state index < -0.39 is 0 Å². The average Bonchev–Trinajstić information content (AvgIpc) is 3.21. The van der Waals surface area contributed by atoms with Gasteiger partial charge in [0.2, 0.25) is 0 Å². The van der Waals surface area contributed by atoms with E-state index in [9.17, 15) is 9.18 Å². The summed E-state index contributed by atoms with van der Waals surface area (Å²) < 4.78 is 24.0. The number of anilines is 1. The molecule has 0 aliphatic carbocycles. The largest absolute Gasteiger partial charge is 0.451 e. The Morgan fingerprint density at radius 1 is 1.04 bits per heavy atom. The molecule has 4 aromatic rings. The van der Waals surface area contributed by atoms with Gasteiger partial charge in [0.1, 0.15) is 17.1 Å². The number of fused-ring (bicyclic) bond motifs is 1. The highest BCUT2D eigenvalue weighted by Crippen LogP contribution is 2.24. The number of aromatic nitrogens is 1. The fourth-order valence-electron chi connectivity index (χ4n) is 2.54. The van der Waals surface area contributed by atoms with Crippen LogP contribution < -0.4 is 5.32 Å². The van der Waals surface area contributed by atoms with Crippen molar-refractivity contribution in [2.75, 3.05) is 5.32 Å². The summed E-state index contributed by atoms with van der Waals surface area (Å²) in [5, 5.41) is 2.76. The molecule has 5 nitrogen and oxygen atoms in total. The molecule has 25 heavy (non-hydrogen) atoms. The number of hydrogen-bond donors (Lipinski definition) is 1. The van der Waals surface area contributed by atoms with Gasteiger partial charge in [0.15, 0.2) is 17.2 Å². The molecule has 124 valence electrons. The number of carbonyl (C=O) groups excluding carboxylic acids is 1. The maximum Gasteiger partial charge on any atom is 0.291 e. The molecule has 6 heteroatoms. The average molecular weight is 336 g/mol. The quantitative estimate of drug-likeness (QED) is 0.584. The molecule has 0 unspecified atom stereocenters. The molecule has 2 aromatic carbocycles. The SMILES string of the molecule is Cc1nc2cc(NC(=O)c3ccc(-c4ccc(F)cc4)o3)ccc2o1. The third kappa shape index (κ3) is 3.01. The van der Waals surface area contributed by atoms with E-state index in [2.05, 4.69) is 10.3 Å². The number of hydrogen-bond acceptors (Lipinski definition) is 4. The van der Waals surface area contributed by atoms with Gasteiger partial charge in [0.05, 0.1) is 0 Å². The summed E-state index contributed by atoms with van der Waals surface area (Å²) in [7, 11) is 0. The maximum absolute atomic E-state index is 13.0. The fourth-order valence-corrected chi connectivity index (χ4v) is 2.54. The lowest BCUT2D eigenvalue weighted by atomic mass is 10.2. The van der Waals surface area contributed by atoms with E-state index >= 15 is 0 Å². The summed E-state index contributed by atoms with van der Waals surface area (Å²) in [5.74, 6) is 0.511. The Morgan fingerprint density at radius 2 is 1.84 bits per heavy atom. The van der Waals surface area contributed by atoms with Crippen LogP contribution in [0.1, 0.15) is 16.4 Å². The first-order valence-corrected chi connectivity index (χ1v) is 7.63. The van der Waals surface area contributed by atoms with Gasteiger partial charge in [-0.2, -0.15) is 0 Å². The van der Waals surface area contributed by atoms with Crippen LogP contribution in [0.2, 0.25) is 0 Å². The van der Waals surface area contributed by atoms with E-state index in [-0.39, 0.29) is 17.5 Å². The van der Waals surface area contributed by atoms with Crippen molar-refractivity contribution in [2.24, 2.45) is 0 Å². The zero-order valence-electron chi connectivity index (χ0n) is 13.2. The first-order chi connectivity index (χ1) is 12.1. The fraction of sp³-hybridized carbons (Fsp3) is 0.0526. The Morgan fingerprint density at radius 3 is 2.64 bits per heavy atom. The molecule has 0 aliphatic heterocycles. The predicted octanol–water partition coefficient (Wildman–Crippen LogP) is 4.79. The molecular formula is C19H13FN2O3. The van der Waals surface area contributed by atoms with Crippen LogP contribution in [0, 0.1) is 12.7 Å². The summed E-state index contributed by atoms with van der Waals surface area (Å²) in [6.45, 7) is 1.76. The molecule has 0 fully saturated rings. The maximum atomic E-state index is 13.0. The van der Waals surface area contributed by atoms with Gasteiger partial charge in [-0.1, -0.05) is 0 Å². The number of nitrogens with zero attached hydrogens (tertiary/aromatic N) is 1. The Kier molecular flexibility index (Phi) is 3.57. The van der Waals surface area contributed by atoms with Crippen LogP contribution in [-0.4, -0.2) is 10.9 Å². The molecule has 2 aromatic heterocycles. The molecule has 0 atom stereocenters. The van der Waals surface area contributed by atoms with E-state index in [4.69, 9.17) is 8.83 Å². The smallest absolute Gasteiger partial charge is 0.291 e. The molecular weight excluding hydrogens is 323 g/mol. The van der Waals surface area contributed by atoms with Crippen molar-refractivity contribution in [2.45, 2.75) is 6.92 Å². The lowest BCUT2D eigenvalue weighted by Crippen LogP contribution is -2.10. The highest BCUT2D eigenvalue weighted by Gasteiger charge is 2.13. The highest BCUT2D eigenvalue weighted by atomic mass is 19.1. The van der Waals surface area contributed by atoms with Crippen LogP contribution >= 0.6 is 0 Å². The zero-order chi connectivity index (χ0) is 17.4. The number of aryl methyl sites for hydroxylation is 1. The van der Waals surface area contributed by atoms with Gasteiger partial charge in [0, 0.05) is 18.2 Å². The van der Waals surface area contributed by atoms with Crippen LogP contribution in [0.5, 0.6) is 0 Å². The number of rotatable bonds is 3. The first kappa shape index (κ1) is 15.1. The summed E-state index contributed by atoms with van der Waals surface area (Å²) in [5.41, 5.74) is 2.61. The Bertz CT molecular complexity index is 1060. The summed E-state index contributed by atoms with van der Waals surface area (Å²) in [4.78, 5) is 16.6. The molecule has 0 aliphatic rings. The number of benzene rings is 2. The van der Waals surface area contributed by atoms with E-state index in [1.165, 1.54) is 12.1 Å². The van der Waals surface area contributed by atoms with Crippen LogP contribution in [0.25, 0.3) is 22.4 Å². The van der Waals surface area contributed by atoms with Gasteiger partial charge in [-0.25, -0.2) is 9.37 Å². The van der Waals surface area contributed by atoms with Crippen molar-refractivity contribution in [1.82, 2.24) is 4.98 Å². The highest BCUT2D eigenvalue weighted by molar-refractivity contribution is 6.03. The van der Waals surface area contributed by atoms with Gasteiger partial charge in [-0.05, 0) is 54.6 Å². The van der Waals surface area contributed by atoms with Crippen LogP contribution in [-0.2, 0) is 0 Å². The molecule has 1 N–H and O–H groups in total. The van der Waals surface area contributed by atoms with Crippen molar-refractivity contribution in [1.29, 1.82) is 0 Å². The second-order valence-corrected chi connectivity index (χ2v) is 5.54. The van der Waals surface area contributed by atoms with Gasteiger partial charge < -0.3 is 14.2 Å². The van der Waals surface area contributed by atoms with Crippen LogP contribution in [0.3, 0.4) is 0 Å². The normalized spacial score (nSPS) is 11.0. The molecule has 1 amide bonds. The lowest BCUT2D eigenvalue weighted by molar-refractivity contribution is 0.0997. The molecule has 0 spiro atoms. The van der Waals surface area contributed by atoms with E-state index in [0.29, 0.717) is 34.0 Å². The number of carbonyl (C=O) groups is 1. The Labute approximate surface area is 142 Å². The van der Waals surface area contributed by atoms with Crippen molar-refractivity contribution in [3.05, 3.63) is 72.1 Å². The monoisotopic (exact) mass is 336 g/mol. The second-order valence-electron chi connectivity index (χ2n) is 5.54. The van der Waals surface area contributed by atoms with Crippen molar-refractivity contribution >= 4 is 22.7 Å². The molecule has 0 bridgehead atoms. The standard InChI is InChI=1S/C19H13FN2O3/c1-11-21-15-10-14(6-7-17(15)24-11)22-19(23)18-9-8-16(25-18)12-2-4-13(20)5-3-12/h2-10H,1H3,(H,22,23). The van der Waals surface area contributed by atoms with Crippen molar-refractivity contribution in [3.63, 3.8) is 0 Å². The number of amides is 1. The molecule has 2 heterocycles. The number of oxazole rings is 1. The van der Waals surface area contributed by atoms with Gasteiger partial charge in [-0.15, -0.1) is 0 Å². The van der Waals surface area contributed by atoms with Gasteiger partial charge in [0.25, 0.3) is 5.91 Å². The minimum absolute atomic E-state index is 0.163. The van der Waals surface area contributed by atoms with Crippen LogP contribution in [0.15, 0.2) is 63.4 Å². The van der Waals surface area contributed by atoms with Crippen molar-refractivity contribution < 1.29 is 18.0 Å². The third-order valence-electron chi connectivity index (χ3n) is 3.71. The minimum Gasteiger partial charge on any atom is -0.451 e. The Balaban J connectivity index is 1.55. The predicted molar refractivity (Wildman–Crippen MR) is 90.8 cm³/mol. The first-order valence-electron chi connectivity index (χ1n) is 7.63. The van der Waals surface area contributed by atoms with E-state index in [1.54, 1.807) is 49.4 Å². The molecule has 0 saturated carbocycles. The minimum atomic E-state index is -0.382. The molecule has 0 saturated heterocycles. The number of nitrogens with one attached hydrogen (secondary N) is 1. The topological polar surface area (TPSA) is 68.3 Å². The molecule has 0 radical (unpaired) electrons. The van der Waals surface area contributed by atoms with Gasteiger partial charge >= 0.3 is 0 Å².